The number of carbonyl (C=O) groups is 1. The van der Waals surface area contributed by atoms with Crippen LogP contribution in [0, 0.1) is 0 Å². The zero-order chi connectivity index (χ0) is 22.9. The number of fused-ring (bicyclic) bond motifs is 1. The van der Waals surface area contributed by atoms with E-state index in [4.69, 9.17) is 4.74 Å². The number of carbonyl (C=O) groups excluding carboxylic acids is 1. The Hall–Kier alpha value is -2.92. The Labute approximate surface area is 190 Å². The molecular weight excluding hydrogens is 421 g/mol. The lowest BCUT2D eigenvalue weighted by molar-refractivity contribution is 0.0185. The number of benzene rings is 1. The lowest BCUT2D eigenvalue weighted by Crippen LogP contribution is -2.42. The summed E-state index contributed by atoms with van der Waals surface area (Å²) < 4.78 is 9.44. The molecule has 1 fully saturated rings. The highest BCUT2D eigenvalue weighted by atomic mass is 31.1. The van der Waals surface area contributed by atoms with Gasteiger partial charge in [-0.05, 0) is 51.3 Å². The molecule has 4 rings (SSSR count). The average molecular weight is 453 g/mol. The number of piperidine rings is 1. The number of rotatable bonds is 4. The maximum absolute atomic E-state index is 12.3. The summed E-state index contributed by atoms with van der Waals surface area (Å²) in [6.07, 6.45) is 11.5. The molecule has 2 aromatic heterocycles. The van der Waals surface area contributed by atoms with Gasteiger partial charge in [-0.25, -0.2) is 9.47 Å². The normalized spacial score (nSPS) is 16.1. The minimum Gasteiger partial charge on any atom is -0.444 e. The van der Waals surface area contributed by atoms with Crippen LogP contribution in [-0.4, -0.2) is 63.1 Å². The number of hydrogen-bond donors (Lipinski definition) is 0. The van der Waals surface area contributed by atoms with Gasteiger partial charge in [-0.15, -0.1) is 5.10 Å². The fraction of sp³-hybridized carbons (Fsp3) is 0.417. The van der Waals surface area contributed by atoms with Crippen molar-refractivity contribution in [2.24, 2.45) is 5.10 Å². The first kappa shape index (κ1) is 22.3. The number of ether oxygens (including phenoxy) is 1. The van der Waals surface area contributed by atoms with Crippen LogP contribution in [0.15, 0.2) is 48.0 Å². The van der Waals surface area contributed by atoms with Crippen LogP contribution in [0.4, 0.5) is 4.79 Å². The Bertz CT molecular complexity index is 1160. The van der Waals surface area contributed by atoms with Gasteiger partial charge in [0.15, 0.2) is 0 Å². The maximum atomic E-state index is 12.3. The van der Waals surface area contributed by atoms with Gasteiger partial charge in [0.05, 0.1) is 24.1 Å². The first-order valence-corrected chi connectivity index (χ1v) is 13.0. The van der Waals surface area contributed by atoms with Gasteiger partial charge < -0.3 is 9.64 Å². The summed E-state index contributed by atoms with van der Waals surface area (Å²) in [5, 5.41) is 10.3. The van der Waals surface area contributed by atoms with Gasteiger partial charge in [0.1, 0.15) is 19.8 Å². The molecule has 1 unspecified atom stereocenters. The molecule has 7 nitrogen and oxygen atoms in total. The fourth-order valence-corrected chi connectivity index (χ4v) is 4.15. The zero-order valence-electron chi connectivity index (χ0n) is 19.2. The van der Waals surface area contributed by atoms with Crippen LogP contribution < -0.4 is 0 Å². The van der Waals surface area contributed by atoms with E-state index in [0.29, 0.717) is 13.1 Å². The van der Waals surface area contributed by atoms with Crippen molar-refractivity contribution in [2.75, 3.05) is 19.8 Å². The number of hydrogen-bond acceptors (Lipinski definition) is 4. The third-order valence-corrected chi connectivity index (χ3v) is 5.97. The van der Waals surface area contributed by atoms with Gasteiger partial charge in [-0.3, -0.25) is 4.68 Å². The molecule has 0 radical (unpaired) electrons. The molecule has 1 saturated heterocycles. The third-order valence-electron chi connectivity index (χ3n) is 5.47. The molecule has 0 spiro atoms. The van der Waals surface area contributed by atoms with Gasteiger partial charge in [-0.1, -0.05) is 12.1 Å². The van der Waals surface area contributed by atoms with Crippen LogP contribution >= 0.6 is 7.55 Å². The molecule has 168 valence electrons. The van der Waals surface area contributed by atoms with Crippen molar-refractivity contribution < 1.29 is 9.53 Å². The molecule has 8 heteroatoms. The van der Waals surface area contributed by atoms with Crippen LogP contribution in [0.25, 0.3) is 22.0 Å². The second kappa shape index (κ2) is 8.91. The van der Waals surface area contributed by atoms with Crippen LogP contribution in [-0.2, 0) is 4.74 Å². The minimum atomic E-state index is -0.469. The molecule has 32 heavy (non-hydrogen) atoms. The predicted octanol–water partition coefficient (Wildman–Crippen LogP) is 5.41. The van der Waals surface area contributed by atoms with Crippen molar-refractivity contribution in [3.8, 4) is 11.1 Å². The van der Waals surface area contributed by atoms with Crippen molar-refractivity contribution in [3.63, 3.8) is 0 Å². The average Bonchev–Trinajstić information content (AvgIpc) is 3.38. The van der Waals surface area contributed by atoms with E-state index >= 15 is 0 Å². The molecule has 0 saturated carbocycles. The smallest absolute Gasteiger partial charge is 0.410 e. The zero-order valence-corrected chi connectivity index (χ0v) is 20.1. The number of likely N-dealkylation sites (tertiary alicyclic amines) is 1. The summed E-state index contributed by atoms with van der Waals surface area (Å²) in [5.41, 5.74) is 2.78. The van der Waals surface area contributed by atoms with Crippen LogP contribution in [0.1, 0.15) is 39.7 Å². The molecule has 1 atom stereocenters. The highest BCUT2D eigenvalue weighted by molar-refractivity contribution is 7.70. The largest absolute Gasteiger partial charge is 0.444 e. The van der Waals surface area contributed by atoms with E-state index in [0.717, 1.165) is 34.9 Å². The van der Waals surface area contributed by atoms with E-state index in [1.165, 1.54) is 0 Å². The van der Waals surface area contributed by atoms with Crippen molar-refractivity contribution >= 4 is 36.8 Å². The van der Waals surface area contributed by atoms with E-state index < -0.39 is 13.1 Å². The Morgan fingerprint density at radius 3 is 2.69 bits per heavy atom. The molecule has 3 aromatic rings. The Kier molecular flexibility index (Phi) is 6.20. The number of aromatic nitrogens is 3. The quantitative estimate of drug-likeness (QED) is 0.393. The Morgan fingerprint density at radius 1 is 1.25 bits per heavy atom. The van der Waals surface area contributed by atoms with Crippen molar-refractivity contribution in [1.82, 2.24) is 19.4 Å². The molecular formula is C24H31N5O2P+. The van der Waals surface area contributed by atoms with Crippen LogP contribution in [0.3, 0.4) is 0 Å². The van der Waals surface area contributed by atoms with Gasteiger partial charge in [0.2, 0.25) is 5.96 Å². The summed E-state index contributed by atoms with van der Waals surface area (Å²) in [6, 6.07) is 8.74. The van der Waals surface area contributed by atoms with Crippen molar-refractivity contribution in [2.45, 2.75) is 45.3 Å². The molecule has 1 amide bonds. The molecule has 1 aromatic carbocycles. The summed E-state index contributed by atoms with van der Waals surface area (Å²) >= 11 is 0. The van der Waals surface area contributed by atoms with E-state index in [1.807, 2.05) is 48.5 Å². The van der Waals surface area contributed by atoms with Gasteiger partial charge >= 0.3 is 6.09 Å². The standard InChI is InChI=1S/C24H31N5O2P/c1-24(2,3)31-23(30)27-11-9-21(10-12-27)29-16-20(15-25-29)19-7-6-18-8-13-28(22(18)14-19)26-17-32(4)5/h6-8,13-17,21H,4,9-12H2,1-3,5H3/q+1. The molecule has 0 aliphatic carbocycles. The van der Waals surface area contributed by atoms with Gasteiger partial charge in [0.25, 0.3) is 0 Å². The summed E-state index contributed by atoms with van der Waals surface area (Å²) in [6.45, 7) is 9.11. The third kappa shape index (κ3) is 5.10. The van der Waals surface area contributed by atoms with E-state index in [1.54, 1.807) is 4.90 Å². The van der Waals surface area contributed by atoms with Crippen molar-refractivity contribution in [3.05, 3.63) is 42.9 Å². The molecule has 0 N–H and O–H groups in total. The first-order chi connectivity index (χ1) is 15.2. The Morgan fingerprint density at radius 2 is 2.00 bits per heavy atom. The molecule has 0 bridgehead atoms. The number of amides is 1. The second-order valence-electron chi connectivity index (χ2n) is 9.33. The van der Waals surface area contributed by atoms with Crippen molar-refractivity contribution in [1.29, 1.82) is 0 Å². The highest BCUT2D eigenvalue weighted by Crippen LogP contribution is 2.28. The van der Waals surface area contributed by atoms with Crippen LogP contribution in [0.2, 0.25) is 0 Å². The van der Waals surface area contributed by atoms with Crippen LogP contribution in [0.5, 0.6) is 0 Å². The molecule has 1 aliphatic heterocycles. The summed E-state index contributed by atoms with van der Waals surface area (Å²) in [4.78, 5) is 14.1. The molecule has 1 aliphatic rings. The summed E-state index contributed by atoms with van der Waals surface area (Å²) in [7, 11) is -0.439. The van der Waals surface area contributed by atoms with E-state index in [-0.39, 0.29) is 12.1 Å². The SMILES string of the molecule is C=[P+](C)C=Nn1ccc2ccc(-c3cnn(C4CCN(C(=O)OC(C)(C)C)CC4)c3)cc21. The predicted molar refractivity (Wildman–Crippen MR) is 133 cm³/mol. The monoisotopic (exact) mass is 452 g/mol. The second-order valence-corrected chi connectivity index (χ2v) is 11.1. The highest BCUT2D eigenvalue weighted by Gasteiger charge is 2.27. The maximum Gasteiger partial charge on any atom is 0.410 e. The first-order valence-electron chi connectivity index (χ1n) is 10.9. The lowest BCUT2D eigenvalue weighted by atomic mass is 10.1. The topological polar surface area (TPSA) is 64.7 Å². The van der Waals surface area contributed by atoms with Gasteiger partial charge in [-0.2, -0.15) is 5.10 Å². The number of nitrogens with zero attached hydrogens (tertiary/aromatic N) is 5. The summed E-state index contributed by atoms with van der Waals surface area (Å²) in [5.74, 6) is 1.91. The molecule has 3 heterocycles. The van der Waals surface area contributed by atoms with Gasteiger partial charge in [0, 0.05) is 36.4 Å². The van der Waals surface area contributed by atoms with E-state index in [2.05, 4.69) is 53.6 Å². The minimum absolute atomic E-state index is 0.231. The van der Waals surface area contributed by atoms with E-state index in [9.17, 15) is 4.79 Å². The fourth-order valence-electron chi connectivity index (χ4n) is 3.86. The lowest BCUT2D eigenvalue weighted by Gasteiger charge is -2.33. The Balaban J connectivity index is 1.46.